The van der Waals surface area contributed by atoms with Gasteiger partial charge >= 0.3 is 0 Å². The minimum absolute atomic E-state index is 0.00478. The van der Waals surface area contributed by atoms with E-state index < -0.39 is 0 Å². The molecule has 2 saturated heterocycles. The van der Waals surface area contributed by atoms with Gasteiger partial charge in [-0.25, -0.2) is 0 Å². The van der Waals surface area contributed by atoms with Gasteiger partial charge in [0.1, 0.15) is 0 Å². The van der Waals surface area contributed by atoms with Crippen LogP contribution in [0.5, 0.6) is 0 Å². The van der Waals surface area contributed by atoms with Gasteiger partial charge in [0, 0.05) is 47.8 Å². The summed E-state index contributed by atoms with van der Waals surface area (Å²) in [6, 6.07) is 16.9. The number of carbonyl (C=O) groups excluding carboxylic acids is 2. The maximum Gasteiger partial charge on any atom is 0.251 e. The summed E-state index contributed by atoms with van der Waals surface area (Å²) in [6.07, 6.45) is 5.26. The van der Waals surface area contributed by atoms with Crippen LogP contribution in [-0.2, 0) is 11.3 Å². The lowest BCUT2D eigenvalue weighted by Crippen LogP contribution is -2.50. The highest BCUT2D eigenvalue weighted by molar-refractivity contribution is 6.31. The van der Waals surface area contributed by atoms with Gasteiger partial charge in [-0.3, -0.25) is 9.59 Å². The standard InChI is InChI=1S/C32H38Cl2N4O2/c1-22-17-27(33)10-8-26(22)21-38-16-11-29(36-30(32(38)40)12-15-37-13-3-2-4-14-37)20-35-31(39)25-6-5-24-19-28(34)9-7-23(24)18-25/h5-10,17-19,29-30,36H,2-4,11-16,20-21H2,1H3,(H,35,39). The Morgan fingerprint density at radius 2 is 1.68 bits per heavy atom. The Labute approximate surface area is 247 Å². The van der Waals surface area contributed by atoms with Crippen molar-refractivity contribution >= 4 is 45.8 Å². The monoisotopic (exact) mass is 580 g/mol. The van der Waals surface area contributed by atoms with Crippen LogP contribution in [0, 0.1) is 6.92 Å². The molecular formula is C32H38Cl2N4O2. The number of fused-ring (bicyclic) bond motifs is 1. The fourth-order valence-corrected chi connectivity index (χ4v) is 6.23. The van der Waals surface area contributed by atoms with Gasteiger partial charge < -0.3 is 20.4 Å². The van der Waals surface area contributed by atoms with Crippen LogP contribution < -0.4 is 10.6 Å². The Balaban J connectivity index is 1.26. The molecule has 2 heterocycles. The number of carbonyl (C=O) groups is 2. The summed E-state index contributed by atoms with van der Waals surface area (Å²) < 4.78 is 0. The highest BCUT2D eigenvalue weighted by Gasteiger charge is 2.31. The molecule has 0 saturated carbocycles. The number of amides is 2. The molecule has 2 N–H and O–H groups in total. The second-order valence-corrected chi connectivity index (χ2v) is 12.0. The summed E-state index contributed by atoms with van der Waals surface area (Å²) in [5, 5.41) is 10.1. The van der Waals surface area contributed by atoms with E-state index in [1.54, 1.807) is 0 Å². The van der Waals surface area contributed by atoms with E-state index in [1.165, 1.54) is 19.3 Å². The molecule has 2 unspecified atom stereocenters. The molecule has 212 valence electrons. The Morgan fingerprint density at radius 3 is 2.48 bits per heavy atom. The minimum Gasteiger partial charge on any atom is -0.350 e. The zero-order valence-electron chi connectivity index (χ0n) is 23.1. The first-order valence-corrected chi connectivity index (χ1v) is 15.1. The lowest BCUT2D eigenvalue weighted by Gasteiger charge is -2.30. The van der Waals surface area contributed by atoms with Gasteiger partial charge in [0.25, 0.3) is 5.91 Å². The number of nitrogens with zero attached hydrogens (tertiary/aromatic N) is 2. The smallest absolute Gasteiger partial charge is 0.251 e. The number of likely N-dealkylation sites (tertiary alicyclic amines) is 1. The Hall–Kier alpha value is -2.64. The zero-order chi connectivity index (χ0) is 28.1. The SMILES string of the molecule is Cc1cc(Cl)ccc1CN1CCC(CNC(=O)c2ccc3cc(Cl)ccc3c2)NC(CCN2CCCCC2)C1=O. The molecule has 2 amide bonds. The zero-order valence-corrected chi connectivity index (χ0v) is 24.6. The van der Waals surface area contributed by atoms with Crippen molar-refractivity contribution in [1.82, 2.24) is 20.4 Å². The van der Waals surface area contributed by atoms with Crippen molar-refractivity contribution in [1.29, 1.82) is 0 Å². The third-order valence-corrected chi connectivity index (χ3v) is 8.69. The minimum atomic E-state index is -0.288. The molecule has 40 heavy (non-hydrogen) atoms. The van der Waals surface area contributed by atoms with E-state index in [-0.39, 0.29) is 23.9 Å². The third kappa shape index (κ3) is 7.35. The molecule has 8 heteroatoms. The summed E-state index contributed by atoms with van der Waals surface area (Å²) >= 11 is 12.3. The second kappa shape index (κ2) is 13.3. The summed E-state index contributed by atoms with van der Waals surface area (Å²) in [5.74, 6) is 0.0149. The van der Waals surface area contributed by atoms with Gasteiger partial charge in [-0.2, -0.15) is 0 Å². The predicted molar refractivity (Wildman–Crippen MR) is 163 cm³/mol. The van der Waals surface area contributed by atoms with Crippen molar-refractivity contribution in [2.75, 3.05) is 32.7 Å². The van der Waals surface area contributed by atoms with Gasteiger partial charge in [0.05, 0.1) is 6.04 Å². The number of benzene rings is 3. The van der Waals surface area contributed by atoms with Crippen molar-refractivity contribution in [3.63, 3.8) is 0 Å². The molecule has 3 aromatic carbocycles. The van der Waals surface area contributed by atoms with Crippen LogP contribution in [0.25, 0.3) is 10.8 Å². The predicted octanol–water partition coefficient (Wildman–Crippen LogP) is 5.82. The normalized spacial score (nSPS) is 20.5. The molecule has 2 aliphatic rings. The Kier molecular flexibility index (Phi) is 9.63. The molecule has 0 radical (unpaired) electrons. The summed E-state index contributed by atoms with van der Waals surface area (Å²) in [5.41, 5.74) is 2.81. The Bertz CT molecular complexity index is 1360. The lowest BCUT2D eigenvalue weighted by molar-refractivity contribution is -0.133. The average molecular weight is 582 g/mol. The largest absolute Gasteiger partial charge is 0.350 e. The number of aryl methyl sites for hydroxylation is 1. The fourth-order valence-electron chi connectivity index (χ4n) is 5.82. The first-order valence-electron chi connectivity index (χ1n) is 14.4. The number of rotatable bonds is 8. The quantitative estimate of drug-likeness (QED) is 0.352. The summed E-state index contributed by atoms with van der Waals surface area (Å²) in [4.78, 5) is 31.3. The molecule has 2 atom stereocenters. The molecule has 5 rings (SSSR count). The maximum atomic E-state index is 13.8. The van der Waals surface area contributed by atoms with E-state index in [4.69, 9.17) is 23.2 Å². The van der Waals surface area contributed by atoms with Crippen LogP contribution in [0.3, 0.4) is 0 Å². The molecule has 0 aromatic heterocycles. The van der Waals surface area contributed by atoms with Gasteiger partial charge in [0.15, 0.2) is 0 Å². The van der Waals surface area contributed by atoms with Crippen LogP contribution in [0.4, 0.5) is 0 Å². The maximum absolute atomic E-state index is 13.8. The molecule has 0 aliphatic carbocycles. The number of hydrogen-bond acceptors (Lipinski definition) is 4. The van der Waals surface area contributed by atoms with Crippen LogP contribution in [0.15, 0.2) is 54.6 Å². The van der Waals surface area contributed by atoms with Crippen LogP contribution in [-0.4, -0.2) is 66.4 Å². The number of piperidine rings is 1. The highest BCUT2D eigenvalue weighted by atomic mass is 35.5. The van der Waals surface area contributed by atoms with E-state index in [9.17, 15) is 9.59 Å². The second-order valence-electron chi connectivity index (χ2n) is 11.1. The average Bonchev–Trinajstić information content (AvgIpc) is 3.10. The molecule has 3 aromatic rings. The molecule has 6 nitrogen and oxygen atoms in total. The third-order valence-electron chi connectivity index (χ3n) is 8.22. The Morgan fingerprint density at radius 1 is 0.950 bits per heavy atom. The van der Waals surface area contributed by atoms with Gasteiger partial charge in [-0.05, 0) is 104 Å². The topological polar surface area (TPSA) is 64.7 Å². The van der Waals surface area contributed by atoms with Crippen molar-refractivity contribution in [3.05, 3.63) is 81.3 Å². The van der Waals surface area contributed by atoms with Gasteiger partial charge in [-0.1, -0.05) is 47.8 Å². The van der Waals surface area contributed by atoms with Crippen LogP contribution in [0.2, 0.25) is 10.0 Å². The molecule has 0 spiro atoms. The molecule has 2 aliphatic heterocycles. The van der Waals surface area contributed by atoms with Gasteiger partial charge in [0.2, 0.25) is 5.91 Å². The summed E-state index contributed by atoms with van der Waals surface area (Å²) in [6.45, 7) is 6.79. The fraction of sp³-hybridized carbons (Fsp3) is 0.438. The van der Waals surface area contributed by atoms with E-state index in [0.29, 0.717) is 35.2 Å². The van der Waals surface area contributed by atoms with E-state index in [2.05, 4.69) is 15.5 Å². The van der Waals surface area contributed by atoms with Crippen molar-refractivity contribution in [2.45, 2.75) is 57.7 Å². The number of halogens is 2. The summed E-state index contributed by atoms with van der Waals surface area (Å²) in [7, 11) is 0. The van der Waals surface area contributed by atoms with Crippen molar-refractivity contribution in [2.24, 2.45) is 0 Å². The van der Waals surface area contributed by atoms with E-state index in [1.807, 2.05) is 66.4 Å². The first-order chi connectivity index (χ1) is 19.4. The van der Waals surface area contributed by atoms with Crippen molar-refractivity contribution < 1.29 is 9.59 Å². The number of nitrogens with one attached hydrogen (secondary N) is 2. The highest BCUT2D eigenvalue weighted by Crippen LogP contribution is 2.22. The number of hydrogen-bond donors (Lipinski definition) is 2. The van der Waals surface area contributed by atoms with E-state index >= 15 is 0 Å². The van der Waals surface area contributed by atoms with E-state index in [0.717, 1.165) is 54.4 Å². The lowest BCUT2D eigenvalue weighted by atomic mass is 10.1. The molecule has 0 bridgehead atoms. The van der Waals surface area contributed by atoms with Gasteiger partial charge in [-0.15, -0.1) is 0 Å². The molecule has 2 fully saturated rings. The van der Waals surface area contributed by atoms with Crippen LogP contribution >= 0.6 is 23.2 Å². The first kappa shape index (κ1) is 28.9. The van der Waals surface area contributed by atoms with Crippen molar-refractivity contribution in [3.8, 4) is 0 Å². The van der Waals surface area contributed by atoms with Crippen LogP contribution in [0.1, 0.15) is 53.6 Å². The molecular weight excluding hydrogens is 543 g/mol.